The Labute approximate surface area is 190 Å². The lowest BCUT2D eigenvalue weighted by Crippen LogP contribution is -2.41. The number of H-pyrrole nitrogens is 1. The minimum Gasteiger partial charge on any atom is -0.293 e. The Bertz CT molecular complexity index is 1180. The van der Waals surface area contributed by atoms with Crippen LogP contribution in [0, 0.1) is 4.77 Å². The molecule has 0 atom stereocenters. The van der Waals surface area contributed by atoms with Crippen LogP contribution in [0.25, 0.3) is 0 Å². The Morgan fingerprint density at radius 1 is 1.16 bits per heavy atom. The van der Waals surface area contributed by atoms with Crippen LogP contribution >= 0.6 is 23.8 Å². The lowest BCUT2D eigenvalue weighted by molar-refractivity contribution is -0.112. The van der Waals surface area contributed by atoms with Crippen molar-refractivity contribution in [2.45, 2.75) is 20.3 Å². The zero-order chi connectivity index (χ0) is 22.0. The molecule has 0 saturated heterocycles. The molecular formula is C22H23ClN6OS. The summed E-state index contributed by atoms with van der Waals surface area (Å²) in [6.45, 7) is 6.30. The molecular weight excluding hydrogens is 432 g/mol. The molecule has 2 aromatic carbocycles. The predicted octanol–water partition coefficient (Wildman–Crippen LogP) is 4.08. The zero-order valence-electron chi connectivity index (χ0n) is 17.4. The monoisotopic (exact) mass is 454 g/mol. The van der Waals surface area contributed by atoms with Crippen molar-refractivity contribution in [3.8, 4) is 0 Å². The summed E-state index contributed by atoms with van der Waals surface area (Å²) in [5, 5.41) is 12.3. The summed E-state index contributed by atoms with van der Waals surface area (Å²) in [6, 6.07) is 15.3. The first-order valence-electron chi connectivity index (χ1n) is 10.1. The number of halogens is 1. The minimum absolute atomic E-state index is 0.182. The molecule has 7 nitrogen and oxygen atoms in total. The van der Waals surface area contributed by atoms with Crippen LogP contribution in [0.2, 0.25) is 5.02 Å². The van der Waals surface area contributed by atoms with Gasteiger partial charge < -0.3 is 0 Å². The summed E-state index contributed by atoms with van der Waals surface area (Å²) in [5.41, 5.74) is 2.86. The number of fused-ring (bicyclic) bond motifs is 1. The van der Waals surface area contributed by atoms with E-state index in [1.54, 1.807) is 17.0 Å². The molecule has 0 saturated carbocycles. The number of carbonyl (C=O) groups is 1. The molecule has 1 aliphatic heterocycles. The number of benzene rings is 2. The molecule has 1 N–H and O–H groups in total. The Morgan fingerprint density at radius 3 is 2.61 bits per heavy atom. The van der Waals surface area contributed by atoms with Gasteiger partial charge in [0, 0.05) is 17.0 Å². The van der Waals surface area contributed by atoms with Crippen LogP contribution in [0.1, 0.15) is 30.8 Å². The van der Waals surface area contributed by atoms with E-state index in [0.717, 1.165) is 24.3 Å². The maximum atomic E-state index is 13.4. The number of carbonyl (C=O) groups excluding carboxylic acids is 1. The number of nitrogens with zero attached hydrogens (tertiary/aromatic N) is 5. The molecule has 1 amide bonds. The number of hydrogen-bond acceptors (Lipinski definition) is 5. The highest BCUT2D eigenvalue weighted by Crippen LogP contribution is 2.32. The van der Waals surface area contributed by atoms with E-state index in [1.807, 2.05) is 36.4 Å². The van der Waals surface area contributed by atoms with Crippen molar-refractivity contribution < 1.29 is 4.79 Å². The number of hydrogen-bond donors (Lipinski definition) is 1. The number of nitrogens with one attached hydrogen (secondary N) is 1. The Balaban J connectivity index is 1.76. The predicted molar refractivity (Wildman–Crippen MR) is 125 cm³/mol. The van der Waals surface area contributed by atoms with E-state index in [4.69, 9.17) is 23.8 Å². The molecule has 31 heavy (non-hydrogen) atoms. The lowest BCUT2D eigenvalue weighted by atomic mass is 10.1. The molecule has 2 heterocycles. The summed E-state index contributed by atoms with van der Waals surface area (Å²) in [4.78, 5) is 17.3. The van der Waals surface area contributed by atoms with Gasteiger partial charge in [-0.3, -0.25) is 19.7 Å². The first-order chi connectivity index (χ1) is 15.0. The summed E-state index contributed by atoms with van der Waals surface area (Å²) in [7, 11) is 0. The molecule has 0 aliphatic carbocycles. The molecule has 0 spiro atoms. The molecule has 0 unspecified atom stereocenters. The fourth-order valence-corrected chi connectivity index (χ4v) is 3.93. The van der Waals surface area contributed by atoms with Gasteiger partial charge in [-0.15, -0.1) is 0 Å². The second-order valence-electron chi connectivity index (χ2n) is 7.21. The molecule has 4 rings (SSSR count). The van der Waals surface area contributed by atoms with Crippen LogP contribution in [0.3, 0.4) is 0 Å². The quantitative estimate of drug-likeness (QED) is 0.546. The van der Waals surface area contributed by atoms with E-state index in [2.05, 4.69) is 34.0 Å². The third-order valence-corrected chi connectivity index (χ3v) is 5.81. The molecule has 9 heteroatoms. The van der Waals surface area contributed by atoms with Crippen molar-refractivity contribution >= 4 is 41.1 Å². The van der Waals surface area contributed by atoms with E-state index in [-0.39, 0.29) is 5.91 Å². The minimum atomic E-state index is -0.182. The number of aromatic nitrogens is 3. The van der Waals surface area contributed by atoms with Crippen molar-refractivity contribution in [1.82, 2.24) is 19.8 Å². The van der Waals surface area contributed by atoms with Gasteiger partial charge in [-0.25, -0.2) is 0 Å². The van der Waals surface area contributed by atoms with Crippen LogP contribution in [0.15, 0.2) is 53.6 Å². The fourth-order valence-electron chi connectivity index (χ4n) is 3.57. The van der Waals surface area contributed by atoms with Crippen LogP contribution in [-0.4, -0.2) is 51.2 Å². The summed E-state index contributed by atoms with van der Waals surface area (Å²) >= 11 is 11.7. The van der Waals surface area contributed by atoms with Gasteiger partial charge in [-0.1, -0.05) is 55.8 Å². The van der Waals surface area contributed by atoms with Gasteiger partial charge in [-0.05, 0) is 49.1 Å². The number of anilines is 1. The van der Waals surface area contributed by atoms with Gasteiger partial charge in [0.1, 0.15) is 0 Å². The van der Waals surface area contributed by atoms with Crippen LogP contribution < -0.4 is 4.90 Å². The fraction of sp³-hybridized carbons (Fsp3) is 0.273. The number of aromatic amines is 1. The van der Waals surface area contributed by atoms with Gasteiger partial charge in [0.15, 0.2) is 11.5 Å². The third-order valence-electron chi connectivity index (χ3n) is 5.31. The average Bonchev–Trinajstić information content (AvgIpc) is 3.24. The summed E-state index contributed by atoms with van der Waals surface area (Å²) in [6.07, 6.45) is 0.532. The second-order valence-corrected chi connectivity index (χ2v) is 8.03. The molecule has 3 aromatic rings. The first kappa shape index (κ1) is 21.4. The standard InChI is InChI=1S/C22H23ClN6OS/c1-3-27(4-2)14-28-18-11-10-16(23)13-17(18)20(21(28)30)26-29-19(24-25-22(29)31)12-15-8-6-5-7-9-15/h5-11,13H,3-4,12,14H2,1-2H3,(H,25,31)/b26-20+. The lowest BCUT2D eigenvalue weighted by Gasteiger charge is -2.25. The Hall–Kier alpha value is -2.81. The molecule has 160 valence electrons. The summed E-state index contributed by atoms with van der Waals surface area (Å²) in [5.74, 6) is 0.445. The van der Waals surface area contributed by atoms with Crippen molar-refractivity contribution in [2.75, 3.05) is 24.7 Å². The van der Waals surface area contributed by atoms with Gasteiger partial charge >= 0.3 is 0 Å². The highest BCUT2D eigenvalue weighted by molar-refractivity contribution is 7.71. The van der Waals surface area contributed by atoms with Gasteiger partial charge in [0.2, 0.25) is 4.77 Å². The highest BCUT2D eigenvalue weighted by atomic mass is 35.5. The number of amides is 1. The van der Waals surface area contributed by atoms with Crippen LogP contribution in [-0.2, 0) is 11.2 Å². The molecule has 0 fully saturated rings. The van der Waals surface area contributed by atoms with Gasteiger partial charge in [0.05, 0.1) is 12.4 Å². The van der Waals surface area contributed by atoms with Crippen molar-refractivity contribution in [3.05, 3.63) is 75.3 Å². The van der Waals surface area contributed by atoms with Gasteiger partial charge in [-0.2, -0.15) is 14.9 Å². The molecule has 1 aliphatic rings. The Morgan fingerprint density at radius 2 is 1.90 bits per heavy atom. The zero-order valence-corrected chi connectivity index (χ0v) is 19.0. The smallest absolute Gasteiger partial charge is 0.280 e. The third kappa shape index (κ3) is 4.32. The highest BCUT2D eigenvalue weighted by Gasteiger charge is 2.35. The molecule has 0 bridgehead atoms. The maximum absolute atomic E-state index is 13.4. The van der Waals surface area contributed by atoms with E-state index < -0.39 is 0 Å². The molecule has 1 aromatic heterocycles. The van der Waals surface area contributed by atoms with Crippen LogP contribution in [0.5, 0.6) is 0 Å². The van der Waals surface area contributed by atoms with E-state index >= 15 is 0 Å². The van der Waals surface area contributed by atoms with E-state index in [1.165, 1.54) is 4.68 Å². The first-order valence-corrected chi connectivity index (χ1v) is 10.9. The summed E-state index contributed by atoms with van der Waals surface area (Å²) < 4.78 is 1.86. The van der Waals surface area contributed by atoms with Crippen molar-refractivity contribution in [2.24, 2.45) is 5.10 Å². The van der Waals surface area contributed by atoms with E-state index in [0.29, 0.717) is 40.0 Å². The maximum Gasteiger partial charge on any atom is 0.280 e. The average molecular weight is 455 g/mol. The van der Waals surface area contributed by atoms with Crippen molar-refractivity contribution in [1.29, 1.82) is 0 Å². The normalized spacial score (nSPS) is 14.6. The molecule has 0 radical (unpaired) electrons. The topological polar surface area (TPSA) is 69.5 Å². The van der Waals surface area contributed by atoms with Crippen LogP contribution in [0.4, 0.5) is 5.69 Å². The van der Waals surface area contributed by atoms with Gasteiger partial charge in [0.25, 0.3) is 5.91 Å². The SMILES string of the molecule is CCN(CC)CN1C(=O)/C(=N/n2c(Cc3ccccc3)n[nH]c2=S)c2cc(Cl)ccc21. The van der Waals surface area contributed by atoms with Crippen molar-refractivity contribution in [3.63, 3.8) is 0 Å². The second kappa shape index (κ2) is 9.13. The van der Waals surface area contributed by atoms with E-state index in [9.17, 15) is 4.79 Å². The Kier molecular flexibility index (Phi) is 6.31. The number of rotatable bonds is 7. The largest absolute Gasteiger partial charge is 0.293 e.